The average Bonchev–Trinajstić information content (AvgIpc) is 0.722. The summed E-state index contributed by atoms with van der Waals surface area (Å²) in [6, 6.07) is 0. The number of rotatable bonds is 0. The van der Waals surface area contributed by atoms with E-state index in [1.165, 1.54) is 0 Å². The zero-order chi connectivity index (χ0) is 4.50. The molecule has 5 heavy (non-hydrogen) atoms. The van der Waals surface area contributed by atoms with Crippen molar-refractivity contribution < 1.29 is 23.3 Å². The van der Waals surface area contributed by atoms with E-state index in [4.69, 9.17) is 0 Å². The molecule has 0 radical (unpaired) electrons. The summed E-state index contributed by atoms with van der Waals surface area (Å²) in [5.41, 5.74) is 0. The molecule has 0 aromatic heterocycles. The molecular formula is F4N+. The van der Waals surface area contributed by atoms with Gasteiger partial charge in [0, 0.05) is 0 Å². The van der Waals surface area contributed by atoms with E-state index in [-0.39, 0.29) is 0 Å². The largest absolute Gasteiger partial charge is 0.440 e. The van der Waals surface area contributed by atoms with Gasteiger partial charge in [-0.05, 0) is 0 Å². The Bertz CT molecular complexity index is 19.1. The smallest absolute Gasteiger partial charge is 0.140 e. The van der Waals surface area contributed by atoms with Gasteiger partial charge in [-0.3, -0.25) is 0 Å². The maximum atomic E-state index is 9.62. The summed E-state index contributed by atoms with van der Waals surface area (Å²) in [6.07, 6.45) is 0. The Kier molecular flexibility index (Phi) is 0.767. The minimum Gasteiger partial charge on any atom is 0.140 e. The molecule has 0 heterocycles. The van der Waals surface area contributed by atoms with Crippen molar-refractivity contribution in [2.75, 3.05) is 0 Å². The number of quaternary nitrogens is 1. The van der Waals surface area contributed by atoms with E-state index in [1.807, 2.05) is 0 Å². The van der Waals surface area contributed by atoms with Gasteiger partial charge in [-0.1, -0.05) is 0 Å². The van der Waals surface area contributed by atoms with Gasteiger partial charge in [-0.2, -0.15) is 0 Å². The van der Waals surface area contributed by atoms with Gasteiger partial charge in [0.2, 0.25) is 0 Å². The third kappa shape index (κ3) is 101. The highest BCUT2D eigenvalue weighted by Gasteiger charge is 2.30. The Morgan fingerprint density at radius 1 is 0.800 bits per heavy atom. The van der Waals surface area contributed by atoms with Crippen LogP contribution in [-0.2, 0) is 0 Å². The summed E-state index contributed by atoms with van der Waals surface area (Å²) < 4.78 is 38.5. The fourth-order valence-corrected chi connectivity index (χ4v) is 0. The third-order valence-electron chi connectivity index (χ3n) is 0. The van der Waals surface area contributed by atoms with E-state index >= 15 is 0 Å². The summed E-state index contributed by atoms with van der Waals surface area (Å²) in [7, 11) is 0. The second-order valence-corrected chi connectivity index (χ2v) is 0.383. The summed E-state index contributed by atoms with van der Waals surface area (Å²) in [5, 5.41) is -5.00. The minimum atomic E-state index is -5.00. The van der Waals surface area contributed by atoms with Crippen LogP contribution < -0.4 is 0 Å². The second-order valence-electron chi connectivity index (χ2n) is 0.383. The third-order valence-corrected chi connectivity index (χ3v) is 0. The van der Waals surface area contributed by atoms with Crippen LogP contribution in [0.4, 0.5) is 17.9 Å². The Morgan fingerprint density at radius 3 is 0.800 bits per heavy atom. The zero-order valence-corrected chi connectivity index (χ0v) is 1.96. The molecule has 0 bridgehead atoms. The van der Waals surface area contributed by atoms with Crippen LogP contribution in [0, 0.1) is 0 Å². The molecular weight excluding hydrogens is 90.0 g/mol. The van der Waals surface area contributed by atoms with Crippen LogP contribution in [-0.4, -0.2) is 5.37 Å². The van der Waals surface area contributed by atoms with Crippen molar-refractivity contribution in [2.45, 2.75) is 0 Å². The number of hydrogen-bond acceptors (Lipinski definition) is 0. The zero-order valence-electron chi connectivity index (χ0n) is 1.96. The summed E-state index contributed by atoms with van der Waals surface area (Å²) >= 11 is 0. The van der Waals surface area contributed by atoms with Crippen molar-refractivity contribution in [3.05, 3.63) is 0 Å². The van der Waals surface area contributed by atoms with E-state index in [2.05, 4.69) is 0 Å². The van der Waals surface area contributed by atoms with Gasteiger partial charge in [-0.25, -0.2) is 0 Å². The molecule has 0 rings (SSSR count). The molecule has 0 saturated carbocycles. The molecule has 0 N–H and O–H groups in total. The quantitative estimate of drug-likeness (QED) is 0.311. The van der Waals surface area contributed by atoms with Gasteiger partial charge in [-0.15, -0.1) is 0 Å². The average molecular weight is 90.0 g/mol. The van der Waals surface area contributed by atoms with Crippen LogP contribution in [0.25, 0.3) is 0 Å². The summed E-state index contributed by atoms with van der Waals surface area (Å²) in [5.74, 6) is 0. The maximum Gasteiger partial charge on any atom is 0.440 e. The molecule has 0 spiro atoms. The normalized spacial score (nSPS) is 12.0. The lowest BCUT2D eigenvalue weighted by Gasteiger charge is -1.71. The van der Waals surface area contributed by atoms with E-state index in [9.17, 15) is 17.9 Å². The Labute approximate surface area is 24.7 Å². The van der Waals surface area contributed by atoms with Crippen LogP contribution >= 0.6 is 0 Å². The number of hydrogen-bond donors (Lipinski definition) is 0. The lowest BCUT2D eigenvalue weighted by atomic mass is 13.3. The molecule has 32 valence electrons. The van der Waals surface area contributed by atoms with Gasteiger partial charge in [0.15, 0.2) is 0 Å². The molecule has 0 saturated heterocycles. The maximum absolute atomic E-state index is 9.62. The monoisotopic (exact) mass is 90.0 g/mol. The van der Waals surface area contributed by atoms with Crippen molar-refractivity contribution in [3.63, 3.8) is 0 Å². The molecule has 5 heteroatoms. The van der Waals surface area contributed by atoms with Gasteiger partial charge in [0.05, 0.1) is 0 Å². The Balaban J connectivity index is 3.02. The van der Waals surface area contributed by atoms with Crippen LogP contribution in [0.15, 0.2) is 0 Å². The molecule has 0 atom stereocenters. The van der Waals surface area contributed by atoms with Crippen LogP contribution in [0.3, 0.4) is 0 Å². The fraction of sp³-hybridized carbons (Fsp3) is 0. The van der Waals surface area contributed by atoms with Crippen molar-refractivity contribution in [3.8, 4) is 0 Å². The first kappa shape index (κ1) is 4.68. The topological polar surface area (TPSA) is 0 Å². The highest BCUT2D eigenvalue weighted by Crippen LogP contribution is 2.08. The van der Waals surface area contributed by atoms with Gasteiger partial charge in [0.25, 0.3) is 0 Å². The van der Waals surface area contributed by atoms with Crippen molar-refractivity contribution in [2.24, 2.45) is 0 Å². The fourth-order valence-electron chi connectivity index (χ4n) is 0. The molecule has 0 fully saturated rings. The van der Waals surface area contributed by atoms with Gasteiger partial charge >= 0.3 is 5.37 Å². The lowest BCUT2D eigenvalue weighted by Crippen LogP contribution is -1.99. The Hall–Kier alpha value is -0.320. The molecule has 0 aromatic carbocycles. The highest BCUT2D eigenvalue weighted by molar-refractivity contribution is 2.73. The molecule has 1 nitrogen and oxygen atoms in total. The standard InChI is InChI=1S/F4N/c1-5(2,3)4/q+1. The van der Waals surface area contributed by atoms with E-state index in [0.717, 1.165) is 0 Å². The second kappa shape index (κ2) is 0.819. The van der Waals surface area contributed by atoms with Crippen LogP contribution in [0.1, 0.15) is 0 Å². The van der Waals surface area contributed by atoms with E-state index < -0.39 is 5.37 Å². The first-order valence-electron chi connectivity index (χ1n) is 0.676. The predicted molar refractivity (Wildman–Crippen MR) is 4.69 cm³/mol. The van der Waals surface area contributed by atoms with E-state index in [0.29, 0.717) is 0 Å². The molecule has 0 aliphatic heterocycles. The molecule has 0 amide bonds. The molecule has 0 aliphatic carbocycles. The van der Waals surface area contributed by atoms with Crippen LogP contribution in [0.5, 0.6) is 0 Å². The Morgan fingerprint density at radius 2 is 0.800 bits per heavy atom. The van der Waals surface area contributed by atoms with Crippen molar-refractivity contribution in [1.29, 1.82) is 0 Å². The number of nitrogens with zero attached hydrogens (tertiary/aromatic N) is 1. The van der Waals surface area contributed by atoms with E-state index in [1.54, 1.807) is 0 Å². The predicted octanol–water partition coefficient (Wildman–Crippen LogP) is 1.34. The summed E-state index contributed by atoms with van der Waals surface area (Å²) in [4.78, 5) is 0. The molecule has 0 aromatic rings. The first-order valence-corrected chi connectivity index (χ1v) is 0.676. The SMILES string of the molecule is F[N+](F)(F)F. The van der Waals surface area contributed by atoms with Crippen molar-refractivity contribution >= 4 is 0 Å². The van der Waals surface area contributed by atoms with Gasteiger partial charge in [0.1, 0.15) is 17.9 Å². The molecule has 0 aliphatic rings. The lowest BCUT2D eigenvalue weighted by molar-refractivity contribution is -1.36. The highest BCUT2D eigenvalue weighted by atomic mass is 19.7. The summed E-state index contributed by atoms with van der Waals surface area (Å²) in [6.45, 7) is 0. The molecule has 0 unspecified atom stereocenters. The van der Waals surface area contributed by atoms with Gasteiger partial charge < -0.3 is 0 Å². The van der Waals surface area contributed by atoms with Crippen LogP contribution in [0.2, 0.25) is 0 Å². The minimum absolute atomic E-state index is 5.00. The van der Waals surface area contributed by atoms with Crippen molar-refractivity contribution in [1.82, 2.24) is 0 Å². The first-order chi connectivity index (χ1) is 2.00. The number of halogens is 4.